The van der Waals surface area contributed by atoms with Crippen LogP contribution >= 0.6 is 0 Å². The monoisotopic (exact) mass is 297 g/mol. The maximum absolute atomic E-state index is 9.10. The fourth-order valence-corrected chi connectivity index (χ4v) is 2.37. The Hall–Kier alpha value is -1.74. The highest BCUT2D eigenvalue weighted by Crippen LogP contribution is 2.32. The van der Waals surface area contributed by atoms with Gasteiger partial charge in [-0.3, -0.25) is 0 Å². The van der Waals surface area contributed by atoms with Crippen LogP contribution in [0.1, 0.15) is 19.1 Å². The Balaban J connectivity index is 0.000000497. The number of aliphatic hydroxyl groups excluding tert-OH is 2. The normalized spacial score (nSPS) is 21.1. The molecule has 2 aromatic rings. The summed E-state index contributed by atoms with van der Waals surface area (Å²) in [4.78, 5) is 8.34. The van der Waals surface area contributed by atoms with Gasteiger partial charge in [0.25, 0.3) is 0 Å². The van der Waals surface area contributed by atoms with E-state index in [1.165, 1.54) is 6.33 Å². The average Bonchev–Trinajstić information content (AvgIpc) is 3.13. The third kappa shape index (κ3) is 3.30. The molecule has 0 radical (unpaired) electrons. The van der Waals surface area contributed by atoms with Crippen LogP contribution in [-0.2, 0) is 4.74 Å². The summed E-state index contributed by atoms with van der Waals surface area (Å²) in [5.41, 5.74) is 0.797. The van der Waals surface area contributed by atoms with Crippen molar-refractivity contribution in [3.63, 3.8) is 0 Å². The molecule has 0 bridgehead atoms. The van der Waals surface area contributed by atoms with E-state index in [9.17, 15) is 0 Å². The molecule has 3 rings (SSSR count). The molecule has 8 heteroatoms. The lowest BCUT2D eigenvalue weighted by Crippen LogP contribution is -2.14. The number of hydrogen-bond acceptors (Lipinski definition) is 7. The summed E-state index contributed by atoms with van der Waals surface area (Å²) in [5, 5.41) is 24.2. The lowest BCUT2D eigenvalue weighted by Gasteiger charge is -2.14. The van der Waals surface area contributed by atoms with Crippen LogP contribution in [0.3, 0.4) is 0 Å². The first kappa shape index (κ1) is 15.6. The van der Waals surface area contributed by atoms with Gasteiger partial charge in [0.1, 0.15) is 25.0 Å². The molecule has 8 nitrogen and oxygen atoms in total. The van der Waals surface area contributed by atoms with Gasteiger partial charge in [-0.25, -0.2) is 9.97 Å². The number of rotatable bonds is 3. The molecule has 0 aromatic carbocycles. The van der Waals surface area contributed by atoms with E-state index in [2.05, 4.69) is 9.97 Å². The summed E-state index contributed by atoms with van der Waals surface area (Å²) in [7, 11) is 1.59. The standard InChI is InChI=1S/C12H15N3O3.CH4O2/c1-17-12-9-4-5-15(11(9)13-7-14-12)10-3-2-8(6-16)18-10;2-1-3/h4-5,7-8,10,16H,2-3,6H2,1H3;2-3H,1H2. The Morgan fingerprint density at radius 2 is 2.10 bits per heavy atom. The Morgan fingerprint density at radius 1 is 1.33 bits per heavy atom. The molecular formula is C13H19N3O5. The lowest BCUT2D eigenvalue weighted by molar-refractivity contribution is -0.0204. The summed E-state index contributed by atoms with van der Waals surface area (Å²) >= 11 is 0. The average molecular weight is 297 g/mol. The number of hydrogen-bond donors (Lipinski definition) is 3. The number of methoxy groups -OCH3 is 1. The fourth-order valence-electron chi connectivity index (χ4n) is 2.37. The van der Waals surface area contributed by atoms with Crippen LogP contribution in [0, 0.1) is 0 Å². The van der Waals surface area contributed by atoms with E-state index in [-0.39, 0.29) is 18.9 Å². The first-order chi connectivity index (χ1) is 10.2. The van der Waals surface area contributed by atoms with Crippen molar-refractivity contribution in [3.8, 4) is 5.88 Å². The first-order valence-electron chi connectivity index (χ1n) is 6.58. The molecular weight excluding hydrogens is 278 g/mol. The van der Waals surface area contributed by atoms with Gasteiger partial charge in [-0.05, 0) is 18.9 Å². The zero-order valence-electron chi connectivity index (χ0n) is 11.7. The quantitative estimate of drug-likeness (QED) is 0.686. The minimum atomic E-state index is -0.750. The molecule has 1 aliphatic heterocycles. The van der Waals surface area contributed by atoms with Gasteiger partial charge in [0, 0.05) is 6.20 Å². The fraction of sp³-hybridized carbons (Fsp3) is 0.538. The van der Waals surface area contributed by atoms with Gasteiger partial charge < -0.3 is 29.4 Å². The molecule has 0 spiro atoms. The molecule has 116 valence electrons. The van der Waals surface area contributed by atoms with Gasteiger partial charge in [-0.1, -0.05) is 0 Å². The third-order valence-corrected chi connectivity index (χ3v) is 3.27. The van der Waals surface area contributed by atoms with Crippen molar-refractivity contribution in [3.05, 3.63) is 18.6 Å². The summed E-state index contributed by atoms with van der Waals surface area (Å²) in [5.74, 6) is 0.565. The molecule has 2 aromatic heterocycles. The largest absolute Gasteiger partial charge is 0.480 e. The van der Waals surface area contributed by atoms with Gasteiger partial charge >= 0.3 is 0 Å². The van der Waals surface area contributed by atoms with Gasteiger partial charge in [-0.2, -0.15) is 0 Å². The van der Waals surface area contributed by atoms with Crippen LogP contribution in [0.2, 0.25) is 0 Å². The lowest BCUT2D eigenvalue weighted by atomic mass is 10.2. The van der Waals surface area contributed by atoms with E-state index in [4.69, 9.17) is 24.8 Å². The Bertz CT molecular complexity index is 574. The van der Waals surface area contributed by atoms with Crippen molar-refractivity contribution >= 4 is 11.0 Å². The molecule has 3 N–H and O–H groups in total. The number of aliphatic hydroxyl groups is 3. The van der Waals surface area contributed by atoms with Gasteiger partial charge in [-0.15, -0.1) is 0 Å². The summed E-state index contributed by atoms with van der Waals surface area (Å²) < 4.78 is 12.9. The molecule has 0 amide bonds. The predicted molar refractivity (Wildman–Crippen MR) is 73.6 cm³/mol. The summed E-state index contributed by atoms with van der Waals surface area (Å²) in [6.45, 7) is -0.687. The summed E-state index contributed by atoms with van der Waals surface area (Å²) in [6, 6.07) is 1.92. The number of ether oxygens (including phenoxy) is 2. The highest BCUT2D eigenvalue weighted by Gasteiger charge is 2.27. The second-order valence-corrected chi connectivity index (χ2v) is 4.46. The molecule has 1 fully saturated rings. The molecule has 2 atom stereocenters. The second kappa shape index (κ2) is 7.32. The van der Waals surface area contributed by atoms with E-state index < -0.39 is 6.79 Å². The van der Waals surface area contributed by atoms with Crippen molar-refractivity contribution in [2.75, 3.05) is 20.5 Å². The predicted octanol–water partition coefficient (Wildman–Crippen LogP) is 0.0383. The van der Waals surface area contributed by atoms with Crippen molar-refractivity contribution in [2.24, 2.45) is 0 Å². The van der Waals surface area contributed by atoms with Crippen LogP contribution in [0.15, 0.2) is 18.6 Å². The third-order valence-electron chi connectivity index (χ3n) is 3.27. The van der Waals surface area contributed by atoms with E-state index >= 15 is 0 Å². The first-order valence-corrected chi connectivity index (χ1v) is 6.58. The zero-order chi connectivity index (χ0) is 15.2. The minimum absolute atomic E-state index is 0.0635. The zero-order valence-corrected chi connectivity index (χ0v) is 11.7. The SMILES string of the molecule is COc1ncnc2c1ccn2C1CCC(CO)O1.OCO. The highest BCUT2D eigenvalue weighted by molar-refractivity contribution is 5.81. The van der Waals surface area contributed by atoms with Crippen molar-refractivity contribution in [2.45, 2.75) is 25.2 Å². The van der Waals surface area contributed by atoms with E-state index in [1.807, 2.05) is 16.8 Å². The van der Waals surface area contributed by atoms with Crippen LogP contribution in [0.4, 0.5) is 0 Å². The van der Waals surface area contributed by atoms with Crippen LogP contribution in [-0.4, -0.2) is 56.5 Å². The molecule has 0 saturated carbocycles. The Kier molecular flexibility index (Phi) is 5.45. The maximum Gasteiger partial charge on any atom is 0.225 e. The number of fused-ring (bicyclic) bond motifs is 1. The van der Waals surface area contributed by atoms with Crippen molar-refractivity contribution in [1.82, 2.24) is 14.5 Å². The summed E-state index contributed by atoms with van der Waals surface area (Å²) in [6.07, 6.45) is 5.00. The van der Waals surface area contributed by atoms with Crippen LogP contribution in [0.5, 0.6) is 5.88 Å². The Labute approximate surface area is 121 Å². The highest BCUT2D eigenvalue weighted by atomic mass is 16.5. The molecule has 0 aliphatic carbocycles. The molecule has 1 saturated heterocycles. The second-order valence-electron chi connectivity index (χ2n) is 4.46. The maximum atomic E-state index is 9.10. The smallest absolute Gasteiger partial charge is 0.225 e. The molecule has 2 unspecified atom stereocenters. The van der Waals surface area contributed by atoms with Gasteiger partial charge in [0.15, 0.2) is 0 Å². The molecule has 21 heavy (non-hydrogen) atoms. The van der Waals surface area contributed by atoms with Crippen molar-refractivity contribution in [1.29, 1.82) is 0 Å². The minimum Gasteiger partial charge on any atom is -0.480 e. The Morgan fingerprint density at radius 3 is 2.71 bits per heavy atom. The van der Waals surface area contributed by atoms with E-state index in [0.717, 1.165) is 23.9 Å². The van der Waals surface area contributed by atoms with Gasteiger partial charge in [0.2, 0.25) is 5.88 Å². The van der Waals surface area contributed by atoms with Crippen LogP contribution in [0.25, 0.3) is 11.0 Å². The van der Waals surface area contributed by atoms with Gasteiger partial charge in [0.05, 0.1) is 25.2 Å². The molecule has 1 aliphatic rings. The van der Waals surface area contributed by atoms with E-state index in [1.54, 1.807) is 7.11 Å². The molecule has 3 heterocycles. The topological polar surface area (TPSA) is 110 Å². The number of nitrogens with zero attached hydrogens (tertiary/aromatic N) is 3. The number of aromatic nitrogens is 3. The van der Waals surface area contributed by atoms with Crippen molar-refractivity contribution < 1.29 is 24.8 Å². The van der Waals surface area contributed by atoms with Crippen LogP contribution < -0.4 is 4.74 Å². The van der Waals surface area contributed by atoms with E-state index in [0.29, 0.717) is 5.88 Å².